The Morgan fingerprint density at radius 2 is 2.04 bits per heavy atom. The normalized spacial score (nSPS) is 16.9. The molecule has 0 spiro atoms. The Bertz CT molecular complexity index is 702. The van der Waals surface area contributed by atoms with Crippen LogP contribution < -0.4 is 9.62 Å². The minimum Gasteiger partial charge on any atom is -0.379 e. The predicted molar refractivity (Wildman–Crippen MR) is 103 cm³/mol. The van der Waals surface area contributed by atoms with Crippen molar-refractivity contribution in [2.75, 3.05) is 50.0 Å². The summed E-state index contributed by atoms with van der Waals surface area (Å²) in [5.74, 6) is -0.293. The van der Waals surface area contributed by atoms with Crippen LogP contribution in [-0.4, -0.2) is 70.9 Å². The Morgan fingerprint density at radius 3 is 2.65 bits per heavy atom. The first-order chi connectivity index (χ1) is 12.3. The van der Waals surface area contributed by atoms with Crippen molar-refractivity contribution in [3.63, 3.8) is 0 Å². The molecule has 1 heterocycles. The average Bonchev–Trinajstić information content (AvgIpc) is 2.58. The van der Waals surface area contributed by atoms with E-state index in [-0.39, 0.29) is 5.91 Å². The molecule has 0 bridgehead atoms. The van der Waals surface area contributed by atoms with Crippen LogP contribution >= 0.6 is 0 Å². The number of nitrogens with zero attached hydrogens (tertiary/aromatic N) is 2. The summed E-state index contributed by atoms with van der Waals surface area (Å²) in [6.45, 7) is 8.25. The summed E-state index contributed by atoms with van der Waals surface area (Å²) in [5, 5.41) is 2.86. The molecule has 7 nitrogen and oxygen atoms in total. The number of amides is 1. The van der Waals surface area contributed by atoms with Crippen LogP contribution in [0, 0.1) is 6.92 Å². The maximum atomic E-state index is 12.5. The molecule has 1 unspecified atom stereocenters. The number of hydrogen-bond donors (Lipinski definition) is 1. The number of anilines is 1. The first-order valence-electron chi connectivity index (χ1n) is 8.93. The molecular formula is C18H29N3O4S. The third-order valence-electron chi connectivity index (χ3n) is 4.40. The van der Waals surface area contributed by atoms with Crippen molar-refractivity contribution in [3.05, 3.63) is 29.8 Å². The number of carbonyl (C=O) groups excluding carboxylic acids is 1. The second-order valence-corrected chi connectivity index (χ2v) is 8.53. The van der Waals surface area contributed by atoms with Gasteiger partial charge in [-0.25, -0.2) is 8.42 Å². The number of carbonyl (C=O) groups is 1. The monoisotopic (exact) mass is 383 g/mol. The summed E-state index contributed by atoms with van der Waals surface area (Å²) in [6.07, 6.45) is 1.94. The van der Waals surface area contributed by atoms with Crippen molar-refractivity contribution < 1.29 is 17.9 Å². The zero-order valence-electron chi connectivity index (χ0n) is 15.8. The number of aryl methyl sites for hydroxylation is 1. The van der Waals surface area contributed by atoms with E-state index in [1.807, 2.05) is 13.0 Å². The molecule has 1 aliphatic heterocycles. The minimum atomic E-state index is -3.58. The fourth-order valence-corrected chi connectivity index (χ4v) is 4.23. The zero-order valence-corrected chi connectivity index (χ0v) is 16.6. The van der Waals surface area contributed by atoms with Crippen LogP contribution in [0.25, 0.3) is 0 Å². The van der Waals surface area contributed by atoms with Gasteiger partial charge >= 0.3 is 0 Å². The molecule has 146 valence electrons. The van der Waals surface area contributed by atoms with Crippen LogP contribution in [0.15, 0.2) is 24.3 Å². The maximum Gasteiger partial charge on any atom is 0.243 e. The van der Waals surface area contributed by atoms with Gasteiger partial charge in [0.2, 0.25) is 15.9 Å². The Morgan fingerprint density at radius 1 is 1.35 bits per heavy atom. The fourth-order valence-electron chi connectivity index (χ4n) is 3.06. The summed E-state index contributed by atoms with van der Waals surface area (Å²) in [6, 6.07) is 6.34. The van der Waals surface area contributed by atoms with Crippen LogP contribution in [0.2, 0.25) is 0 Å². The lowest BCUT2D eigenvalue weighted by Gasteiger charge is -2.29. The van der Waals surface area contributed by atoms with E-state index < -0.39 is 16.1 Å². The van der Waals surface area contributed by atoms with Gasteiger partial charge in [-0.1, -0.05) is 12.1 Å². The summed E-state index contributed by atoms with van der Waals surface area (Å²) >= 11 is 0. The number of rotatable bonds is 8. The van der Waals surface area contributed by atoms with E-state index in [2.05, 4.69) is 10.2 Å². The lowest BCUT2D eigenvalue weighted by molar-refractivity contribution is -0.121. The molecule has 0 aromatic heterocycles. The molecule has 1 aromatic carbocycles. The number of ether oxygens (including phenoxy) is 1. The SMILES string of the molecule is Cc1cccc(N(C(C)C(=O)NCCCN2CCOCC2)S(C)(=O)=O)c1. The van der Waals surface area contributed by atoms with E-state index in [9.17, 15) is 13.2 Å². The third kappa shape index (κ3) is 5.96. The zero-order chi connectivity index (χ0) is 19.2. The van der Waals surface area contributed by atoms with Crippen molar-refractivity contribution in [2.24, 2.45) is 0 Å². The molecular weight excluding hydrogens is 354 g/mol. The Labute approximate surface area is 156 Å². The van der Waals surface area contributed by atoms with Crippen LogP contribution in [0.4, 0.5) is 5.69 Å². The van der Waals surface area contributed by atoms with E-state index in [0.717, 1.165) is 51.1 Å². The van der Waals surface area contributed by atoms with Gasteiger partial charge in [0.15, 0.2) is 0 Å². The second-order valence-electron chi connectivity index (χ2n) is 6.67. The highest BCUT2D eigenvalue weighted by molar-refractivity contribution is 7.92. The lowest BCUT2D eigenvalue weighted by Crippen LogP contribution is -2.48. The highest BCUT2D eigenvalue weighted by atomic mass is 32.2. The van der Waals surface area contributed by atoms with Crippen molar-refractivity contribution in [2.45, 2.75) is 26.3 Å². The first kappa shape index (κ1) is 20.7. The summed E-state index contributed by atoms with van der Waals surface area (Å²) in [5.41, 5.74) is 1.44. The van der Waals surface area contributed by atoms with Gasteiger partial charge in [0.1, 0.15) is 6.04 Å². The van der Waals surface area contributed by atoms with Crippen LogP contribution in [-0.2, 0) is 19.6 Å². The summed E-state index contributed by atoms with van der Waals surface area (Å²) in [4.78, 5) is 14.8. The second kappa shape index (κ2) is 9.34. The smallest absolute Gasteiger partial charge is 0.243 e. The van der Waals surface area contributed by atoms with Gasteiger partial charge in [0, 0.05) is 19.6 Å². The van der Waals surface area contributed by atoms with E-state index in [1.165, 1.54) is 4.31 Å². The van der Waals surface area contributed by atoms with Gasteiger partial charge < -0.3 is 10.1 Å². The maximum absolute atomic E-state index is 12.5. The summed E-state index contributed by atoms with van der Waals surface area (Å²) in [7, 11) is -3.58. The van der Waals surface area contributed by atoms with Crippen molar-refractivity contribution >= 4 is 21.6 Å². The third-order valence-corrected chi connectivity index (χ3v) is 5.64. The molecule has 0 saturated carbocycles. The molecule has 1 atom stereocenters. The van der Waals surface area contributed by atoms with Gasteiger partial charge in [-0.15, -0.1) is 0 Å². The number of nitrogens with one attached hydrogen (secondary N) is 1. The molecule has 1 saturated heterocycles. The van der Waals surface area contributed by atoms with Gasteiger partial charge in [0.25, 0.3) is 0 Å². The van der Waals surface area contributed by atoms with Gasteiger partial charge in [-0.3, -0.25) is 14.0 Å². The van der Waals surface area contributed by atoms with Crippen molar-refractivity contribution in [1.29, 1.82) is 0 Å². The van der Waals surface area contributed by atoms with Crippen LogP contribution in [0.5, 0.6) is 0 Å². The predicted octanol–water partition coefficient (Wildman–Crippen LogP) is 0.988. The molecule has 1 aromatic rings. The average molecular weight is 384 g/mol. The molecule has 8 heteroatoms. The van der Waals surface area contributed by atoms with Gasteiger partial charge in [-0.05, 0) is 44.5 Å². The molecule has 26 heavy (non-hydrogen) atoms. The highest BCUT2D eigenvalue weighted by Gasteiger charge is 2.28. The van der Waals surface area contributed by atoms with Crippen LogP contribution in [0.1, 0.15) is 18.9 Å². The Hall–Kier alpha value is -1.64. The Kier molecular flexibility index (Phi) is 7.43. The lowest BCUT2D eigenvalue weighted by atomic mass is 10.2. The van der Waals surface area contributed by atoms with Gasteiger partial charge in [-0.2, -0.15) is 0 Å². The quantitative estimate of drug-likeness (QED) is 0.677. The molecule has 1 fully saturated rings. The van der Waals surface area contributed by atoms with Gasteiger partial charge in [0.05, 0.1) is 25.2 Å². The molecule has 1 aliphatic rings. The number of sulfonamides is 1. The largest absolute Gasteiger partial charge is 0.379 e. The molecule has 0 radical (unpaired) electrons. The standard InChI is InChI=1S/C18H29N3O4S/c1-15-6-4-7-17(14-15)21(26(3,23)24)16(2)18(22)19-8-5-9-20-10-12-25-13-11-20/h4,6-7,14,16H,5,8-13H2,1-3H3,(H,19,22). The highest BCUT2D eigenvalue weighted by Crippen LogP contribution is 2.21. The van der Waals surface area contributed by atoms with E-state index >= 15 is 0 Å². The van der Waals surface area contributed by atoms with E-state index in [0.29, 0.717) is 12.2 Å². The number of benzene rings is 1. The fraction of sp³-hybridized carbons (Fsp3) is 0.611. The topological polar surface area (TPSA) is 79.0 Å². The molecule has 1 amide bonds. The van der Waals surface area contributed by atoms with Crippen molar-refractivity contribution in [1.82, 2.24) is 10.2 Å². The number of hydrogen-bond acceptors (Lipinski definition) is 5. The Balaban J connectivity index is 1.92. The number of morpholine rings is 1. The molecule has 2 rings (SSSR count). The minimum absolute atomic E-state index is 0.293. The first-order valence-corrected chi connectivity index (χ1v) is 10.8. The van der Waals surface area contributed by atoms with Crippen molar-refractivity contribution in [3.8, 4) is 0 Å². The van der Waals surface area contributed by atoms with Crippen LogP contribution in [0.3, 0.4) is 0 Å². The molecule has 1 N–H and O–H groups in total. The molecule has 0 aliphatic carbocycles. The van der Waals surface area contributed by atoms with E-state index in [4.69, 9.17) is 4.74 Å². The summed E-state index contributed by atoms with van der Waals surface area (Å²) < 4.78 is 31.0. The van der Waals surface area contributed by atoms with E-state index in [1.54, 1.807) is 25.1 Å².